The average molecular weight is 467 g/mol. The molecule has 9 heteroatoms. The molecule has 160 valence electrons. The molecule has 0 spiro atoms. The second kappa shape index (κ2) is 8.64. The number of nitrogens with one attached hydrogen (secondary N) is 1. The maximum Gasteiger partial charge on any atom is 0.247 e. The number of halogens is 2. The molecular formula is C23H16ClFN4O2S. The molecule has 0 bridgehead atoms. The van der Waals surface area contributed by atoms with E-state index in [-0.39, 0.29) is 17.4 Å². The van der Waals surface area contributed by atoms with Gasteiger partial charge in [0.15, 0.2) is 11.9 Å². The van der Waals surface area contributed by atoms with Gasteiger partial charge in [-0.2, -0.15) is 4.98 Å². The van der Waals surface area contributed by atoms with Crippen LogP contribution in [0.1, 0.15) is 17.4 Å². The van der Waals surface area contributed by atoms with Gasteiger partial charge in [-0.05, 0) is 35.9 Å². The van der Waals surface area contributed by atoms with Gasteiger partial charge in [0.25, 0.3) is 0 Å². The van der Waals surface area contributed by atoms with Gasteiger partial charge in [-0.3, -0.25) is 0 Å². The van der Waals surface area contributed by atoms with Crippen LogP contribution in [-0.2, 0) is 5.75 Å². The number of thioether (sulfide) groups is 1. The van der Waals surface area contributed by atoms with Crippen molar-refractivity contribution in [3.8, 4) is 22.9 Å². The zero-order valence-electron chi connectivity index (χ0n) is 16.5. The maximum atomic E-state index is 14.0. The minimum Gasteiger partial charge on any atom is -0.508 e. The minimum absolute atomic E-state index is 0.0644. The molecule has 32 heavy (non-hydrogen) atoms. The Hall–Kier alpha value is -3.36. The molecule has 0 fully saturated rings. The molecule has 4 aromatic rings. The van der Waals surface area contributed by atoms with Crippen molar-refractivity contribution in [3.63, 3.8) is 0 Å². The van der Waals surface area contributed by atoms with E-state index in [1.54, 1.807) is 24.3 Å². The number of ether oxygens (including phenoxy) is 1. The highest BCUT2D eigenvalue weighted by Crippen LogP contribution is 2.41. The SMILES string of the molecule is Oc1ccc(Cl)c([C@@H]2Nc3ccccc3-c3nnc(SCc4ccccc4F)nc3O2)c1. The third-order valence-electron chi connectivity index (χ3n) is 4.91. The third kappa shape index (κ3) is 4.06. The number of para-hydroxylation sites is 1. The first-order valence-corrected chi connectivity index (χ1v) is 11.1. The van der Waals surface area contributed by atoms with E-state index >= 15 is 0 Å². The number of fused-ring (bicyclic) bond motifs is 3. The molecule has 1 atom stereocenters. The van der Waals surface area contributed by atoms with Crippen LogP contribution in [0.2, 0.25) is 5.02 Å². The van der Waals surface area contributed by atoms with E-state index in [4.69, 9.17) is 16.3 Å². The Morgan fingerprint density at radius 2 is 1.88 bits per heavy atom. The lowest BCUT2D eigenvalue weighted by molar-refractivity contribution is 0.225. The first-order valence-electron chi connectivity index (χ1n) is 9.70. The van der Waals surface area contributed by atoms with Gasteiger partial charge in [0, 0.05) is 27.6 Å². The number of aromatic hydroxyl groups is 1. The van der Waals surface area contributed by atoms with Crippen LogP contribution in [0.15, 0.2) is 71.9 Å². The Balaban J connectivity index is 1.52. The molecule has 2 N–H and O–H groups in total. The van der Waals surface area contributed by atoms with Gasteiger partial charge in [-0.25, -0.2) is 4.39 Å². The monoisotopic (exact) mass is 466 g/mol. The molecular weight excluding hydrogens is 451 g/mol. The Kier molecular flexibility index (Phi) is 5.55. The van der Waals surface area contributed by atoms with Crippen molar-refractivity contribution in [3.05, 3.63) is 88.7 Å². The van der Waals surface area contributed by atoms with Crippen molar-refractivity contribution in [1.82, 2.24) is 15.2 Å². The lowest BCUT2D eigenvalue weighted by atomic mass is 10.1. The van der Waals surface area contributed by atoms with Crippen LogP contribution in [0, 0.1) is 5.82 Å². The van der Waals surface area contributed by atoms with Gasteiger partial charge in [0.2, 0.25) is 11.0 Å². The first-order chi connectivity index (χ1) is 15.6. The Morgan fingerprint density at radius 3 is 2.75 bits per heavy atom. The van der Waals surface area contributed by atoms with E-state index in [0.29, 0.717) is 32.8 Å². The van der Waals surface area contributed by atoms with Crippen LogP contribution in [0.25, 0.3) is 11.3 Å². The van der Waals surface area contributed by atoms with E-state index in [1.165, 1.54) is 30.0 Å². The molecule has 0 saturated carbocycles. The number of nitrogens with zero attached hydrogens (tertiary/aromatic N) is 3. The minimum atomic E-state index is -0.724. The van der Waals surface area contributed by atoms with Crippen molar-refractivity contribution in [2.24, 2.45) is 0 Å². The normalized spacial score (nSPS) is 14.5. The van der Waals surface area contributed by atoms with Gasteiger partial charge < -0.3 is 15.2 Å². The summed E-state index contributed by atoms with van der Waals surface area (Å²) in [5.41, 5.74) is 3.11. The molecule has 6 nitrogen and oxygen atoms in total. The molecule has 0 saturated heterocycles. The number of aromatic nitrogens is 3. The molecule has 0 aliphatic carbocycles. The van der Waals surface area contributed by atoms with Crippen molar-refractivity contribution in [2.45, 2.75) is 17.1 Å². The smallest absolute Gasteiger partial charge is 0.247 e. The zero-order valence-corrected chi connectivity index (χ0v) is 18.1. The second-order valence-electron chi connectivity index (χ2n) is 7.02. The van der Waals surface area contributed by atoms with E-state index in [9.17, 15) is 9.50 Å². The Bertz CT molecular complexity index is 1310. The van der Waals surface area contributed by atoms with Gasteiger partial charge in [0.05, 0.1) is 0 Å². The summed E-state index contributed by atoms with van der Waals surface area (Å²) in [5.74, 6) is 0.396. The summed E-state index contributed by atoms with van der Waals surface area (Å²) in [5, 5.41) is 22.6. The van der Waals surface area contributed by atoms with Gasteiger partial charge >= 0.3 is 0 Å². The molecule has 1 aliphatic heterocycles. The predicted molar refractivity (Wildman–Crippen MR) is 121 cm³/mol. The number of phenols is 1. The van der Waals surface area contributed by atoms with Crippen molar-refractivity contribution in [2.75, 3.05) is 5.32 Å². The van der Waals surface area contributed by atoms with Crippen LogP contribution < -0.4 is 10.1 Å². The quantitative estimate of drug-likeness (QED) is 0.366. The molecule has 0 unspecified atom stereocenters. The van der Waals surface area contributed by atoms with E-state index in [2.05, 4.69) is 20.5 Å². The fraction of sp³-hybridized carbons (Fsp3) is 0.0870. The Labute approximate surface area is 192 Å². The van der Waals surface area contributed by atoms with E-state index in [0.717, 1.165) is 11.3 Å². The summed E-state index contributed by atoms with van der Waals surface area (Å²) in [6.45, 7) is 0. The number of rotatable bonds is 4. The molecule has 1 aliphatic rings. The fourth-order valence-corrected chi connectivity index (χ4v) is 4.32. The molecule has 1 aromatic heterocycles. The lowest BCUT2D eigenvalue weighted by Gasteiger charge is -2.20. The predicted octanol–water partition coefficient (Wildman–Crippen LogP) is 5.83. The molecule has 0 amide bonds. The van der Waals surface area contributed by atoms with E-state index in [1.807, 2.05) is 24.3 Å². The maximum absolute atomic E-state index is 14.0. The summed E-state index contributed by atoms with van der Waals surface area (Å²) in [6, 6.07) is 18.8. The third-order valence-corrected chi connectivity index (χ3v) is 6.14. The summed E-state index contributed by atoms with van der Waals surface area (Å²) < 4.78 is 20.1. The fourth-order valence-electron chi connectivity index (χ4n) is 3.34. The summed E-state index contributed by atoms with van der Waals surface area (Å²) in [7, 11) is 0. The van der Waals surface area contributed by atoms with Crippen LogP contribution in [0.3, 0.4) is 0 Å². The lowest BCUT2D eigenvalue weighted by Crippen LogP contribution is -2.17. The van der Waals surface area contributed by atoms with Gasteiger partial charge in [-0.1, -0.05) is 59.8 Å². The van der Waals surface area contributed by atoms with Gasteiger partial charge in [0.1, 0.15) is 11.6 Å². The summed E-state index contributed by atoms with van der Waals surface area (Å²) in [6.07, 6.45) is -0.724. The number of phenolic OH excluding ortho intramolecular Hbond substituents is 1. The Morgan fingerprint density at radius 1 is 1.06 bits per heavy atom. The topological polar surface area (TPSA) is 80.2 Å². The highest BCUT2D eigenvalue weighted by atomic mass is 35.5. The van der Waals surface area contributed by atoms with Crippen LogP contribution in [0.4, 0.5) is 10.1 Å². The van der Waals surface area contributed by atoms with E-state index < -0.39 is 6.23 Å². The number of benzene rings is 3. The van der Waals surface area contributed by atoms with Gasteiger partial charge in [-0.15, -0.1) is 10.2 Å². The number of hydrogen-bond acceptors (Lipinski definition) is 7. The summed E-state index contributed by atoms with van der Waals surface area (Å²) in [4.78, 5) is 4.54. The second-order valence-corrected chi connectivity index (χ2v) is 8.37. The highest BCUT2D eigenvalue weighted by Gasteiger charge is 2.27. The van der Waals surface area contributed by atoms with Crippen LogP contribution in [-0.4, -0.2) is 20.3 Å². The van der Waals surface area contributed by atoms with Crippen LogP contribution >= 0.6 is 23.4 Å². The zero-order chi connectivity index (χ0) is 22.1. The first kappa shape index (κ1) is 20.5. The molecule has 5 rings (SSSR count). The number of hydrogen-bond donors (Lipinski definition) is 2. The average Bonchev–Trinajstić information content (AvgIpc) is 2.96. The highest BCUT2D eigenvalue weighted by molar-refractivity contribution is 7.98. The van der Waals surface area contributed by atoms with Crippen molar-refractivity contribution in [1.29, 1.82) is 0 Å². The van der Waals surface area contributed by atoms with Crippen LogP contribution in [0.5, 0.6) is 11.6 Å². The van der Waals surface area contributed by atoms with Crippen molar-refractivity contribution >= 4 is 29.1 Å². The standard InChI is InChI=1S/C23H16ClFN4O2S/c24-17-10-9-14(30)11-16(17)21-26-19-8-4-2-6-15(19)20-22(31-21)27-23(29-28-20)32-12-13-5-1-3-7-18(13)25/h1-11,21,26,30H,12H2/t21-/m1/s1. The van der Waals surface area contributed by atoms with Crippen molar-refractivity contribution < 1.29 is 14.2 Å². The molecule has 2 heterocycles. The molecule has 3 aromatic carbocycles. The summed E-state index contributed by atoms with van der Waals surface area (Å²) >= 11 is 7.64. The largest absolute Gasteiger partial charge is 0.508 e. The molecule has 0 radical (unpaired) electrons. The number of anilines is 1.